The van der Waals surface area contributed by atoms with Gasteiger partial charge in [0.15, 0.2) is 4.77 Å². The van der Waals surface area contributed by atoms with Crippen molar-refractivity contribution in [3.8, 4) is 28.5 Å². The highest BCUT2D eigenvalue weighted by Gasteiger charge is 2.13. The van der Waals surface area contributed by atoms with Crippen LogP contribution >= 0.6 is 12.2 Å². The van der Waals surface area contributed by atoms with Crippen molar-refractivity contribution >= 4 is 18.2 Å². The lowest BCUT2D eigenvalue weighted by molar-refractivity contribution is 0.0697. The molecule has 0 radical (unpaired) electrons. The number of carboxylic acid groups (broad SMARTS) is 1. The minimum absolute atomic E-state index is 0.0627. The third-order valence-corrected chi connectivity index (χ3v) is 3.90. The molecular formula is C18H11N3O3S. The number of rotatable bonds is 3. The molecule has 0 aliphatic rings. The maximum atomic E-state index is 11.8. The molecule has 3 rings (SSSR count). The molecule has 1 aromatic heterocycles. The van der Waals surface area contributed by atoms with Gasteiger partial charge in [-0.1, -0.05) is 42.5 Å². The van der Waals surface area contributed by atoms with E-state index in [1.165, 1.54) is 6.07 Å². The summed E-state index contributed by atoms with van der Waals surface area (Å²) in [4.78, 5) is 28.4. The average molecular weight is 349 g/mol. The third kappa shape index (κ3) is 3.11. The summed E-state index contributed by atoms with van der Waals surface area (Å²) >= 11 is 4.96. The van der Waals surface area contributed by atoms with Crippen molar-refractivity contribution in [2.75, 3.05) is 0 Å². The highest BCUT2D eigenvalue weighted by molar-refractivity contribution is 7.71. The molecule has 25 heavy (non-hydrogen) atoms. The number of aromatic carboxylic acids is 1. The maximum absolute atomic E-state index is 11.8. The zero-order valence-electron chi connectivity index (χ0n) is 12.7. The van der Waals surface area contributed by atoms with Gasteiger partial charge in [-0.05, 0) is 35.0 Å². The van der Waals surface area contributed by atoms with Gasteiger partial charge in [0.05, 0.1) is 11.3 Å². The Morgan fingerprint density at radius 3 is 2.32 bits per heavy atom. The highest BCUT2D eigenvalue weighted by atomic mass is 32.1. The molecule has 3 aromatic rings. The Labute approximate surface area is 147 Å². The van der Waals surface area contributed by atoms with E-state index in [0.717, 1.165) is 0 Å². The summed E-state index contributed by atoms with van der Waals surface area (Å²) < 4.78 is 0.124. The number of hydrogen-bond donors (Lipinski definition) is 3. The molecule has 0 fully saturated rings. The lowest BCUT2D eigenvalue weighted by Crippen LogP contribution is -2.13. The Morgan fingerprint density at radius 1 is 1.04 bits per heavy atom. The van der Waals surface area contributed by atoms with E-state index >= 15 is 0 Å². The number of nitrogens with zero attached hydrogens (tertiary/aromatic N) is 1. The van der Waals surface area contributed by atoms with Crippen LogP contribution in [-0.2, 0) is 0 Å². The van der Waals surface area contributed by atoms with Crippen molar-refractivity contribution in [3.63, 3.8) is 0 Å². The van der Waals surface area contributed by atoms with E-state index in [0.29, 0.717) is 22.4 Å². The molecule has 2 aromatic carbocycles. The smallest absolute Gasteiger partial charge is 0.336 e. The normalized spacial score (nSPS) is 10.2. The Kier molecular flexibility index (Phi) is 4.29. The van der Waals surface area contributed by atoms with Gasteiger partial charge in [-0.25, -0.2) is 4.79 Å². The van der Waals surface area contributed by atoms with Gasteiger partial charge < -0.3 is 10.1 Å². The third-order valence-electron chi connectivity index (χ3n) is 3.70. The molecule has 0 unspecified atom stereocenters. The average Bonchev–Trinajstić information content (AvgIpc) is 2.61. The van der Waals surface area contributed by atoms with E-state index in [1.54, 1.807) is 42.5 Å². The second kappa shape index (κ2) is 6.55. The first kappa shape index (κ1) is 16.4. The first-order valence-electron chi connectivity index (χ1n) is 7.21. The van der Waals surface area contributed by atoms with Crippen LogP contribution in [0.5, 0.6) is 0 Å². The quantitative estimate of drug-likeness (QED) is 0.628. The summed E-state index contributed by atoms with van der Waals surface area (Å²) in [6, 6.07) is 15.4. The number of H-pyrrole nitrogens is 2. The van der Waals surface area contributed by atoms with E-state index in [-0.39, 0.29) is 15.9 Å². The fourth-order valence-electron chi connectivity index (χ4n) is 2.55. The van der Waals surface area contributed by atoms with Gasteiger partial charge in [-0.2, -0.15) is 5.26 Å². The molecule has 0 spiro atoms. The molecule has 1 heterocycles. The SMILES string of the molecule is N#Cc1c(-c2ccc(-c3ccccc3C(=O)O)cc2)[nH]c(=S)[nH]c1=O. The van der Waals surface area contributed by atoms with Crippen molar-refractivity contribution < 1.29 is 9.90 Å². The Hall–Kier alpha value is -3.50. The standard InChI is InChI=1S/C18H11N3O3S/c19-9-14-15(20-18(25)21-16(14)22)11-7-5-10(6-8-11)12-3-1-2-4-13(12)17(23)24/h1-8H,(H,23,24)(H2,20,21,22,25). The van der Waals surface area contributed by atoms with Crippen LogP contribution in [-0.4, -0.2) is 21.0 Å². The number of aromatic nitrogens is 2. The molecule has 3 N–H and O–H groups in total. The van der Waals surface area contributed by atoms with Gasteiger partial charge in [-0.3, -0.25) is 9.78 Å². The van der Waals surface area contributed by atoms with Gasteiger partial charge in [0.25, 0.3) is 5.56 Å². The monoisotopic (exact) mass is 349 g/mol. The van der Waals surface area contributed by atoms with E-state index < -0.39 is 11.5 Å². The summed E-state index contributed by atoms with van der Waals surface area (Å²) in [7, 11) is 0. The molecule has 0 atom stereocenters. The van der Waals surface area contributed by atoms with Gasteiger partial charge in [0.1, 0.15) is 11.6 Å². The maximum Gasteiger partial charge on any atom is 0.336 e. The molecule has 6 nitrogen and oxygen atoms in total. The van der Waals surface area contributed by atoms with Crippen molar-refractivity contribution in [2.45, 2.75) is 0 Å². The summed E-state index contributed by atoms with van der Waals surface area (Å²) in [5.41, 5.74) is 1.81. The van der Waals surface area contributed by atoms with Crippen LogP contribution in [0, 0.1) is 16.1 Å². The lowest BCUT2D eigenvalue weighted by Gasteiger charge is -2.08. The van der Waals surface area contributed by atoms with Gasteiger partial charge in [0.2, 0.25) is 0 Å². The first-order valence-corrected chi connectivity index (χ1v) is 7.62. The van der Waals surface area contributed by atoms with Crippen molar-refractivity contribution in [3.05, 3.63) is 74.8 Å². The Balaban J connectivity index is 2.12. The second-order valence-electron chi connectivity index (χ2n) is 5.20. The van der Waals surface area contributed by atoms with E-state index in [4.69, 9.17) is 12.2 Å². The molecular weight excluding hydrogens is 338 g/mol. The molecule has 7 heteroatoms. The summed E-state index contributed by atoms with van der Waals surface area (Å²) in [5, 5.41) is 18.5. The summed E-state index contributed by atoms with van der Waals surface area (Å²) in [5.74, 6) is -1.01. The number of carboxylic acids is 1. The van der Waals surface area contributed by atoms with Crippen molar-refractivity contribution in [1.82, 2.24) is 9.97 Å². The predicted octanol–water partition coefficient (Wildman–Crippen LogP) is 3.34. The number of hydrogen-bond acceptors (Lipinski definition) is 4. The van der Waals surface area contributed by atoms with Crippen LogP contribution in [0.3, 0.4) is 0 Å². The molecule has 0 amide bonds. The molecule has 0 saturated carbocycles. The van der Waals surface area contributed by atoms with Crippen LogP contribution < -0.4 is 5.56 Å². The zero-order valence-corrected chi connectivity index (χ0v) is 13.6. The number of nitriles is 1. The van der Waals surface area contributed by atoms with Crippen molar-refractivity contribution in [1.29, 1.82) is 5.26 Å². The fourth-order valence-corrected chi connectivity index (χ4v) is 2.74. The van der Waals surface area contributed by atoms with Crippen LogP contribution in [0.15, 0.2) is 53.3 Å². The van der Waals surface area contributed by atoms with Crippen LogP contribution in [0.2, 0.25) is 0 Å². The van der Waals surface area contributed by atoms with Crippen LogP contribution in [0.4, 0.5) is 0 Å². The summed E-state index contributed by atoms with van der Waals surface area (Å²) in [6.45, 7) is 0. The van der Waals surface area contributed by atoms with Crippen LogP contribution in [0.25, 0.3) is 22.4 Å². The Bertz CT molecular complexity index is 1120. The predicted molar refractivity (Wildman–Crippen MR) is 94.8 cm³/mol. The summed E-state index contributed by atoms with van der Waals surface area (Å²) in [6.07, 6.45) is 0. The molecule has 0 aliphatic carbocycles. The number of nitrogens with one attached hydrogen (secondary N) is 2. The largest absolute Gasteiger partial charge is 0.478 e. The lowest BCUT2D eigenvalue weighted by atomic mass is 9.97. The Morgan fingerprint density at radius 2 is 1.68 bits per heavy atom. The van der Waals surface area contributed by atoms with E-state index in [2.05, 4.69) is 9.97 Å². The van der Waals surface area contributed by atoms with Gasteiger partial charge in [0, 0.05) is 0 Å². The molecule has 122 valence electrons. The second-order valence-corrected chi connectivity index (χ2v) is 5.61. The minimum Gasteiger partial charge on any atom is -0.478 e. The zero-order chi connectivity index (χ0) is 18.0. The van der Waals surface area contributed by atoms with Crippen LogP contribution in [0.1, 0.15) is 15.9 Å². The fraction of sp³-hybridized carbons (Fsp3) is 0. The molecule has 0 saturated heterocycles. The van der Waals surface area contributed by atoms with E-state index in [9.17, 15) is 20.0 Å². The number of carbonyl (C=O) groups is 1. The minimum atomic E-state index is -1.01. The molecule has 0 aliphatic heterocycles. The topological polar surface area (TPSA) is 110 Å². The van der Waals surface area contributed by atoms with Gasteiger partial charge in [-0.15, -0.1) is 0 Å². The first-order chi connectivity index (χ1) is 12.0. The number of aromatic amines is 2. The highest BCUT2D eigenvalue weighted by Crippen LogP contribution is 2.27. The van der Waals surface area contributed by atoms with E-state index in [1.807, 2.05) is 6.07 Å². The molecule has 0 bridgehead atoms. The van der Waals surface area contributed by atoms with Gasteiger partial charge >= 0.3 is 5.97 Å². The van der Waals surface area contributed by atoms with Crippen molar-refractivity contribution in [2.24, 2.45) is 0 Å². The number of benzene rings is 2.